The Morgan fingerprint density at radius 3 is 2.33 bits per heavy atom. The number of benzene rings is 2. The molecule has 2 aromatic rings. The van der Waals surface area contributed by atoms with Crippen LogP contribution in [0.4, 0.5) is 5.69 Å². The number of non-ortho nitro benzene ring substituents is 1. The van der Waals surface area contributed by atoms with Gasteiger partial charge in [-0.25, -0.2) is 0 Å². The van der Waals surface area contributed by atoms with E-state index in [9.17, 15) is 14.9 Å². The van der Waals surface area contributed by atoms with Crippen LogP contribution in [0.5, 0.6) is 0 Å². The van der Waals surface area contributed by atoms with Crippen LogP contribution in [0.2, 0.25) is 0 Å². The summed E-state index contributed by atoms with van der Waals surface area (Å²) >= 11 is 0. The Hall–Kier alpha value is -2.95. The van der Waals surface area contributed by atoms with Crippen LogP contribution in [0.1, 0.15) is 36.6 Å². The van der Waals surface area contributed by atoms with Gasteiger partial charge in [0.05, 0.1) is 11.0 Å². The summed E-state index contributed by atoms with van der Waals surface area (Å²) in [6.45, 7) is 4.03. The fraction of sp³-hybridized carbons (Fsp3) is 0.211. The summed E-state index contributed by atoms with van der Waals surface area (Å²) in [6, 6.07) is 14.1. The predicted octanol–water partition coefficient (Wildman–Crippen LogP) is 4.05. The monoisotopic (exact) mass is 324 g/mol. The highest BCUT2D eigenvalue weighted by Gasteiger charge is 2.07. The zero-order valence-corrected chi connectivity index (χ0v) is 13.7. The van der Waals surface area contributed by atoms with Gasteiger partial charge < -0.3 is 5.32 Å². The van der Waals surface area contributed by atoms with Crippen LogP contribution < -0.4 is 5.32 Å². The molecule has 0 aromatic heterocycles. The molecule has 1 N–H and O–H groups in total. The van der Waals surface area contributed by atoms with Gasteiger partial charge in [0.1, 0.15) is 0 Å². The quantitative estimate of drug-likeness (QED) is 0.495. The molecular formula is C19H20N2O3. The number of hydrogen-bond donors (Lipinski definition) is 1. The Bertz CT molecular complexity index is 734. The molecule has 0 heterocycles. The van der Waals surface area contributed by atoms with E-state index in [0.29, 0.717) is 0 Å². The Kier molecular flexibility index (Phi) is 5.84. The molecule has 0 fully saturated rings. The van der Waals surface area contributed by atoms with Crippen LogP contribution in [0.25, 0.3) is 6.08 Å². The molecule has 5 nitrogen and oxygen atoms in total. The molecule has 24 heavy (non-hydrogen) atoms. The first-order chi connectivity index (χ1) is 11.5. The standard InChI is InChI=1S/C19H20N2O3/c1-3-15-4-9-17(10-5-15)14(2)20-19(22)13-8-16-6-11-18(12-7-16)21(23)24/h4-14H,3H2,1-2H3,(H,20,22)/b13-8+. The second-order valence-corrected chi connectivity index (χ2v) is 5.51. The summed E-state index contributed by atoms with van der Waals surface area (Å²) < 4.78 is 0. The Labute approximate surface area is 141 Å². The third-order valence-electron chi connectivity index (χ3n) is 3.78. The van der Waals surface area contributed by atoms with E-state index < -0.39 is 4.92 Å². The first kappa shape index (κ1) is 17.4. The average Bonchev–Trinajstić information content (AvgIpc) is 2.60. The van der Waals surface area contributed by atoms with E-state index in [4.69, 9.17) is 0 Å². The topological polar surface area (TPSA) is 72.2 Å². The molecular weight excluding hydrogens is 304 g/mol. The number of rotatable bonds is 6. The third-order valence-corrected chi connectivity index (χ3v) is 3.78. The van der Waals surface area contributed by atoms with Crippen molar-refractivity contribution in [2.45, 2.75) is 26.3 Å². The highest BCUT2D eigenvalue weighted by atomic mass is 16.6. The number of carbonyl (C=O) groups excluding carboxylic acids is 1. The van der Waals surface area contributed by atoms with Crippen LogP contribution >= 0.6 is 0 Å². The van der Waals surface area contributed by atoms with Crippen molar-refractivity contribution in [2.24, 2.45) is 0 Å². The third kappa shape index (κ3) is 4.78. The van der Waals surface area contributed by atoms with Gasteiger partial charge in [-0.3, -0.25) is 14.9 Å². The molecule has 124 valence electrons. The van der Waals surface area contributed by atoms with E-state index in [1.165, 1.54) is 23.8 Å². The molecule has 5 heteroatoms. The van der Waals surface area contributed by atoms with Gasteiger partial charge in [-0.1, -0.05) is 31.2 Å². The van der Waals surface area contributed by atoms with E-state index in [0.717, 1.165) is 17.5 Å². The molecule has 0 saturated heterocycles. The molecule has 2 aromatic carbocycles. The van der Waals surface area contributed by atoms with Gasteiger partial charge in [-0.2, -0.15) is 0 Å². The molecule has 0 spiro atoms. The van der Waals surface area contributed by atoms with Gasteiger partial charge in [-0.05, 0) is 48.2 Å². The number of hydrogen-bond acceptors (Lipinski definition) is 3. The van der Waals surface area contributed by atoms with Crippen molar-refractivity contribution in [3.63, 3.8) is 0 Å². The maximum absolute atomic E-state index is 12.0. The van der Waals surface area contributed by atoms with Crippen LogP contribution in [0.3, 0.4) is 0 Å². The number of amides is 1. The molecule has 1 unspecified atom stereocenters. The summed E-state index contributed by atoms with van der Waals surface area (Å²) in [6.07, 6.45) is 4.04. The zero-order chi connectivity index (χ0) is 17.5. The minimum absolute atomic E-state index is 0.0285. The van der Waals surface area contributed by atoms with Crippen molar-refractivity contribution in [1.29, 1.82) is 0 Å². The van der Waals surface area contributed by atoms with Crippen LogP contribution in [0.15, 0.2) is 54.6 Å². The van der Waals surface area contributed by atoms with E-state index in [2.05, 4.69) is 24.4 Å². The Balaban J connectivity index is 1.94. The molecule has 0 radical (unpaired) electrons. The van der Waals surface area contributed by atoms with Crippen molar-refractivity contribution in [3.05, 3.63) is 81.4 Å². The second kappa shape index (κ2) is 8.06. The molecule has 1 atom stereocenters. The van der Waals surface area contributed by atoms with Gasteiger partial charge >= 0.3 is 0 Å². The molecule has 2 rings (SSSR count). The first-order valence-corrected chi connectivity index (χ1v) is 7.81. The fourth-order valence-electron chi connectivity index (χ4n) is 2.27. The normalized spacial score (nSPS) is 12.1. The van der Waals surface area contributed by atoms with E-state index in [1.807, 2.05) is 19.1 Å². The number of carbonyl (C=O) groups is 1. The van der Waals surface area contributed by atoms with Crippen LogP contribution in [-0.4, -0.2) is 10.8 Å². The van der Waals surface area contributed by atoms with Gasteiger partial charge in [-0.15, -0.1) is 0 Å². The lowest BCUT2D eigenvalue weighted by Gasteiger charge is -2.13. The number of nitro benzene ring substituents is 1. The molecule has 0 saturated carbocycles. The summed E-state index contributed by atoms with van der Waals surface area (Å²) in [5.74, 6) is -0.208. The van der Waals surface area contributed by atoms with E-state index in [1.54, 1.807) is 18.2 Å². The summed E-state index contributed by atoms with van der Waals surface area (Å²) in [5.41, 5.74) is 3.07. The average molecular weight is 324 g/mol. The molecule has 0 bridgehead atoms. The Morgan fingerprint density at radius 1 is 1.17 bits per heavy atom. The SMILES string of the molecule is CCc1ccc(C(C)NC(=O)/C=C/c2ccc([N+](=O)[O-])cc2)cc1. The molecule has 0 aliphatic heterocycles. The highest BCUT2D eigenvalue weighted by molar-refractivity contribution is 5.92. The number of nitrogens with one attached hydrogen (secondary N) is 1. The maximum atomic E-state index is 12.0. The van der Waals surface area contributed by atoms with Crippen LogP contribution in [0, 0.1) is 10.1 Å². The Morgan fingerprint density at radius 2 is 1.79 bits per heavy atom. The minimum Gasteiger partial charge on any atom is -0.346 e. The van der Waals surface area contributed by atoms with Crippen molar-refractivity contribution in [1.82, 2.24) is 5.32 Å². The zero-order valence-electron chi connectivity index (χ0n) is 13.7. The lowest BCUT2D eigenvalue weighted by molar-refractivity contribution is -0.384. The predicted molar refractivity (Wildman–Crippen MR) is 94.5 cm³/mol. The van der Waals surface area contributed by atoms with Crippen molar-refractivity contribution in [2.75, 3.05) is 0 Å². The number of nitro groups is 1. The first-order valence-electron chi connectivity index (χ1n) is 7.81. The molecule has 0 aliphatic rings. The van der Waals surface area contributed by atoms with Gasteiger partial charge in [0.15, 0.2) is 0 Å². The lowest BCUT2D eigenvalue weighted by Crippen LogP contribution is -2.24. The summed E-state index contributed by atoms with van der Waals surface area (Å²) in [4.78, 5) is 22.1. The van der Waals surface area contributed by atoms with Gasteiger partial charge in [0.2, 0.25) is 5.91 Å². The maximum Gasteiger partial charge on any atom is 0.269 e. The van der Waals surface area contributed by atoms with Crippen molar-refractivity contribution >= 4 is 17.7 Å². The fourth-order valence-corrected chi connectivity index (χ4v) is 2.27. The smallest absolute Gasteiger partial charge is 0.269 e. The summed E-state index contributed by atoms with van der Waals surface area (Å²) in [5, 5.41) is 13.5. The van der Waals surface area contributed by atoms with Gasteiger partial charge in [0, 0.05) is 18.2 Å². The minimum atomic E-state index is -0.453. The van der Waals surface area contributed by atoms with Gasteiger partial charge in [0.25, 0.3) is 5.69 Å². The lowest BCUT2D eigenvalue weighted by atomic mass is 10.0. The second-order valence-electron chi connectivity index (χ2n) is 5.51. The van der Waals surface area contributed by atoms with E-state index >= 15 is 0 Å². The van der Waals surface area contributed by atoms with Crippen molar-refractivity contribution < 1.29 is 9.72 Å². The molecule has 1 amide bonds. The summed E-state index contributed by atoms with van der Waals surface area (Å²) in [7, 11) is 0. The van der Waals surface area contributed by atoms with E-state index in [-0.39, 0.29) is 17.6 Å². The molecule has 0 aliphatic carbocycles. The van der Waals surface area contributed by atoms with Crippen LogP contribution in [-0.2, 0) is 11.2 Å². The van der Waals surface area contributed by atoms with Crippen molar-refractivity contribution in [3.8, 4) is 0 Å². The highest BCUT2D eigenvalue weighted by Crippen LogP contribution is 2.15. The largest absolute Gasteiger partial charge is 0.346 e. The number of aryl methyl sites for hydroxylation is 1. The number of nitrogens with zero attached hydrogens (tertiary/aromatic N) is 1.